The third kappa shape index (κ3) is 1.93. The topological polar surface area (TPSA) is 102 Å². The van der Waals surface area contributed by atoms with Crippen molar-refractivity contribution in [3.63, 3.8) is 0 Å². The van der Waals surface area contributed by atoms with Crippen LogP contribution in [0.1, 0.15) is 13.3 Å². The lowest BCUT2D eigenvalue weighted by Crippen LogP contribution is -2.60. The van der Waals surface area contributed by atoms with E-state index in [1.54, 1.807) is 0 Å². The van der Waals surface area contributed by atoms with Gasteiger partial charge in [0.1, 0.15) is 6.04 Å². The lowest BCUT2D eigenvalue weighted by molar-refractivity contribution is -0.230. The van der Waals surface area contributed by atoms with Crippen LogP contribution in [-0.4, -0.2) is 28.9 Å². The Morgan fingerprint density at radius 2 is 2.50 bits per heavy atom. The molecule has 2 unspecified atom stereocenters. The number of primary amides is 1. The van der Waals surface area contributed by atoms with Gasteiger partial charge in [0, 0.05) is 6.92 Å². The summed E-state index contributed by atoms with van der Waals surface area (Å²) in [5.41, 5.74) is 4.93. The third-order valence-electron chi connectivity index (χ3n) is 1.47. The maximum Gasteiger partial charge on any atom is 0.311 e. The van der Waals surface area contributed by atoms with E-state index in [4.69, 9.17) is 5.73 Å². The number of rotatable bonds is 1. The fourth-order valence-electron chi connectivity index (χ4n) is 1.01. The van der Waals surface area contributed by atoms with Crippen LogP contribution in [0.5, 0.6) is 0 Å². The van der Waals surface area contributed by atoms with E-state index < -0.39 is 23.8 Å². The van der Waals surface area contributed by atoms with Crippen LogP contribution in [0.15, 0.2) is 0 Å². The largest absolute Gasteiger partial charge is 0.419 e. The summed E-state index contributed by atoms with van der Waals surface area (Å²) in [6, 6.07) is -0.860. The molecule has 1 aliphatic rings. The van der Waals surface area contributed by atoms with Crippen molar-refractivity contribution in [1.82, 2.24) is 5.32 Å². The molecule has 1 aliphatic heterocycles. The van der Waals surface area contributed by atoms with Crippen molar-refractivity contribution in [3.8, 4) is 0 Å². The molecule has 0 radical (unpaired) electrons. The Bertz CT molecular complexity index is 226. The summed E-state index contributed by atoms with van der Waals surface area (Å²) in [4.78, 5) is 21.4. The molecule has 12 heavy (non-hydrogen) atoms. The fourth-order valence-corrected chi connectivity index (χ4v) is 1.01. The summed E-state index contributed by atoms with van der Waals surface area (Å²) in [5.74, 6) is -3.14. The molecule has 1 fully saturated rings. The number of hydrogen-bond donors (Lipinski definition) is 3. The van der Waals surface area contributed by atoms with E-state index in [1.165, 1.54) is 6.92 Å². The van der Waals surface area contributed by atoms with Gasteiger partial charge in [-0.1, -0.05) is 0 Å². The average Bonchev–Trinajstić information content (AvgIpc) is 1.82. The molecule has 0 saturated carbocycles. The van der Waals surface area contributed by atoms with Crippen LogP contribution >= 0.6 is 0 Å². The van der Waals surface area contributed by atoms with Gasteiger partial charge in [-0.3, -0.25) is 9.59 Å². The van der Waals surface area contributed by atoms with E-state index >= 15 is 0 Å². The Morgan fingerprint density at radius 3 is 2.92 bits per heavy atom. The van der Waals surface area contributed by atoms with Crippen LogP contribution in [0.3, 0.4) is 0 Å². The molecule has 0 spiro atoms. The predicted molar refractivity (Wildman–Crippen MR) is 37.5 cm³/mol. The molecule has 1 amide bonds. The second-order valence-electron chi connectivity index (χ2n) is 2.76. The molecular weight excluding hydrogens is 164 g/mol. The summed E-state index contributed by atoms with van der Waals surface area (Å²) in [5, 5.41) is 11.6. The van der Waals surface area contributed by atoms with Crippen LogP contribution in [0.25, 0.3) is 0 Å². The summed E-state index contributed by atoms with van der Waals surface area (Å²) in [6.45, 7) is 1.22. The fraction of sp³-hybridized carbons (Fsp3) is 0.667. The molecule has 1 saturated heterocycles. The maximum absolute atomic E-state index is 10.8. The van der Waals surface area contributed by atoms with Gasteiger partial charge in [0.15, 0.2) is 0 Å². The van der Waals surface area contributed by atoms with Crippen LogP contribution in [-0.2, 0) is 14.3 Å². The van der Waals surface area contributed by atoms with E-state index in [9.17, 15) is 14.7 Å². The van der Waals surface area contributed by atoms with Crippen LogP contribution in [0.4, 0.5) is 0 Å². The number of nitrogens with one attached hydrogen (secondary N) is 1. The minimum absolute atomic E-state index is 0.147. The van der Waals surface area contributed by atoms with Gasteiger partial charge in [0.2, 0.25) is 5.91 Å². The molecule has 0 aliphatic carbocycles. The predicted octanol–water partition coefficient (Wildman–Crippen LogP) is -1.96. The Kier molecular flexibility index (Phi) is 2.03. The monoisotopic (exact) mass is 174 g/mol. The highest BCUT2D eigenvalue weighted by atomic mass is 16.7. The quantitative estimate of drug-likeness (QED) is 0.401. The lowest BCUT2D eigenvalue weighted by atomic mass is 10.1. The third-order valence-corrected chi connectivity index (χ3v) is 1.47. The molecule has 2 atom stereocenters. The van der Waals surface area contributed by atoms with Gasteiger partial charge >= 0.3 is 5.97 Å². The molecule has 0 aromatic carbocycles. The highest BCUT2D eigenvalue weighted by Crippen LogP contribution is 2.12. The maximum atomic E-state index is 10.8. The van der Waals surface area contributed by atoms with Gasteiger partial charge in [-0.05, 0) is 0 Å². The zero-order valence-electron chi connectivity index (χ0n) is 6.53. The van der Waals surface area contributed by atoms with Gasteiger partial charge in [-0.2, -0.15) is 0 Å². The van der Waals surface area contributed by atoms with Crippen molar-refractivity contribution in [2.75, 3.05) is 0 Å². The SMILES string of the molecule is CC1(O)NC(C(N)=O)CC(=O)O1. The molecule has 0 aromatic rings. The van der Waals surface area contributed by atoms with Crippen molar-refractivity contribution in [3.05, 3.63) is 0 Å². The van der Waals surface area contributed by atoms with Crippen LogP contribution in [0, 0.1) is 0 Å². The van der Waals surface area contributed by atoms with Crippen molar-refractivity contribution in [2.45, 2.75) is 25.3 Å². The summed E-state index contributed by atoms with van der Waals surface area (Å²) in [6.07, 6.45) is -0.147. The average molecular weight is 174 g/mol. The second kappa shape index (κ2) is 2.72. The minimum Gasteiger partial charge on any atom is -0.419 e. The van der Waals surface area contributed by atoms with Crippen LogP contribution in [0.2, 0.25) is 0 Å². The molecule has 1 rings (SSSR count). The van der Waals surface area contributed by atoms with E-state index in [1.807, 2.05) is 0 Å². The van der Waals surface area contributed by atoms with E-state index in [-0.39, 0.29) is 6.42 Å². The standard InChI is InChI=1S/C6H10N2O4/c1-6(11)8-3(5(7)10)2-4(9)12-6/h3,8,11H,2H2,1H3,(H2,7,10). The number of ether oxygens (including phenoxy) is 1. The number of carbonyl (C=O) groups is 2. The van der Waals surface area contributed by atoms with Crippen LogP contribution < -0.4 is 11.1 Å². The number of esters is 1. The summed E-state index contributed by atoms with van der Waals surface area (Å²) >= 11 is 0. The Morgan fingerprint density at radius 1 is 1.92 bits per heavy atom. The number of cyclic esters (lactones) is 1. The highest BCUT2D eigenvalue weighted by molar-refractivity contribution is 5.86. The Labute approximate surface area is 68.7 Å². The van der Waals surface area contributed by atoms with Crippen molar-refractivity contribution in [2.24, 2.45) is 5.73 Å². The number of carbonyl (C=O) groups excluding carboxylic acids is 2. The van der Waals surface area contributed by atoms with E-state index in [0.717, 1.165) is 0 Å². The zero-order valence-corrected chi connectivity index (χ0v) is 6.53. The Balaban J connectivity index is 2.70. The second-order valence-corrected chi connectivity index (χ2v) is 2.76. The van der Waals surface area contributed by atoms with Gasteiger partial charge in [0.25, 0.3) is 5.91 Å². The molecule has 68 valence electrons. The minimum atomic E-state index is -1.80. The summed E-state index contributed by atoms with van der Waals surface area (Å²) < 4.78 is 4.45. The van der Waals surface area contributed by atoms with Gasteiger partial charge in [-0.25, -0.2) is 5.32 Å². The van der Waals surface area contributed by atoms with Gasteiger partial charge < -0.3 is 15.6 Å². The van der Waals surface area contributed by atoms with Crippen molar-refractivity contribution >= 4 is 11.9 Å². The molecule has 6 heteroatoms. The number of amides is 1. The molecule has 1 heterocycles. The first-order valence-corrected chi connectivity index (χ1v) is 3.42. The molecular formula is C6H10N2O4. The van der Waals surface area contributed by atoms with E-state index in [2.05, 4.69) is 10.1 Å². The lowest BCUT2D eigenvalue weighted by Gasteiger charge is -2.32. The first kappa shape index (κ1) is 8.95. The number of aliphatic hydroxyl groups is 1. The van der Waals surface area contributed by atoms with Gasteiger partial charge in [-0.15, -0.1) is 0 Å². The van der Waals surface area contributed by atoms with Gasteiger partial charge in [0.05, 0.1) is 6.42 Å². The first-order valence-electron chi connectivity index (χ1n) is 3.42. The zero-order chi connectivity index (χ0) is 9.35. The molecule has 4 N–H and O–H groups in total. The molecule has 6 nitrogen and oxygen atoms in total. The van der Waals surface area contributed by atoms with Crippen molar-refractivity contribution < 1.29 is 19.4 Å². The highest BCUT2D eigenvalue weighted by Gasteiger charge is 2.37. The summed E-state index contributed by atoms with van der Waals surface area (Å²) in [7, 11) is 0. The Hall–Kier alpha value is -1.14. The number of nitrogens with two attached hydrogens (primary N) is 1. The first-order chi connectivity index (χ1) is 5.41. The normalized spacial score (nSPS) is 35.8. The molecule has 0 aromatic heterocycles. The molecule has 0 bridgehead atoms. The number of hydrogen-bond acceptors (Lipinski definition) is 5. The smallest absolute Gasteiger partial charge is 0.311 e. The van der Waals surface area contributed by atoms with Crippen molar-refractivity contribution in [1.29, 1.82) is 0 Å². The van der Waals surface area contributed by atoms with E-state index in [0.29, 0.717) is 0 Å².